The molecule has 16 heavy (non-hydrogen) atoms. The monoisotopic (exact) mass is 230 g/mol. The summed E-state index contributed by atoms with van der Waals surface area (Å²) in [5, 5.41) is 4.16. The van der Waals surface area contributed by atoms with E-state index in [2.05, 4.69) is 21.4 Å². The zero-order valence-corrected chi connectivity index (χ0v) is 9.29. The second kappa shape index (κ2) is 3.77. The summed E-state index contributed by atoms with van der Waals surface area (Å²) >= 11 is 1.62. The van der Waals surface area contributed by atoms with Gasteiger partial charge >= 0.3 is 0 Å². The maximum atomic E-state index is 5.54. The average molecular weight is 230 g/mol. The summed E-state index contributed by atoms with van der Waals surface area (Å²) in [5.74, 6) is 0.798. The maximum Gasteiger partial charge on any atom is 0.163 e. The molecule has 0 saturated heterocycles. The normalized spacial score (nSPS) is 12.6. The van der Waals surface area contributed by atoms with Gasteiger partial charge in [0.1, 0.15) is 5.03 Å². The Morgan fingerprint density at radius 3 is 3.06 bits per heavy atom. The molecule has 0 spiro atoms. The van der Waals surface area contributed by atoms with Crippen LogP contribution in [0.3, 0.4) is 0 Å². The quantitative estimate of drug-likeness (QED) is 0.670. The minimum atomic E-state index is 0.411. The summed E-state index contributed by atoms with van der Waals surface area (Å²) in [6, 6.07) is 8.11. The van der Waals surface area contributed by atoms with Gasteiger partial charge in [-0.3, -0.25) is 0 Å². The lowest BCUT2D eigenvalue weighted by Crippen LogP contribution is -2.08. The van der Waals surface area contributed by atoms with E-state index < -0.39 is 0 Å². The molecular weight excluding hydrogens is 220 g/mol. The third-order valence-electron chi connectivity index (χ3n) is 2.34. The van der Waals surface area contributed by atoms with Crippen LogP contribution in [0.15, 0.2) is 40.4 Å². The molecular formula is C11H10N4S. The highest BCUT2D eigenvalue weighted by atomic mass is 32.2. The summed E-state index contributed by atoms with van der Waals surface area (Å²) < 4.78 is 0. The SMILES string of the molecule is NCc1cnc2c(n1)Nc1ccccc1S2. The van der Waals surface area contributed by atoms with Crippen molar-refractivity contribution < 1.29 is 0 Å². The molecule has 4 nitrogen and oxygen atoms in total. The number of nitrogens with zero attached hydrogens (tertiary/aromatic N) is 2. The van der Waals surface area contributed by atoms with E-state index in [9.17, 15) is 0 Å². The summed E-state index contributed by atoms with van der Waals surface area (Å²) in [6.07, 6.45) is 1.72. The zero-order chi connectivity index (χ0) is 11.0. The molecule has 2 heterocycles. The van der Waals surface area contributed by atoms with Crippen LogP contribution in [0.4, 0.5) is 11.5 Å². The van der Waals surface area contributed by atoms with Gasteiger partial charge in [0.25, 0.3) is 0 Å². The molecule has 0 aliphatic carbocycles. The highest BCUT2D eigenvalue weighted by Crippen LogP contribution is 2.41. The van der Waals surface area contributed by atoms with Gasteiger partial charge in [0.2, 0.25) is 0 Å². The highest BCUT2D eigenvalue weighted by Gasteiger charge is 2.17. The summed E-state index contributed by atoms with van der Waals surface area (Å²) in [7, 11) is 0. The molecule has 1 aliphatic heterocycles. The molecule has 0 amide bonds. The number of fused-ring (bicyclic) bond motifs is 2. The second-order valence-electron chi connectivity index (χ2n) is 3.44. The van der Waals surface area contributed by atoms with Gasteiger partial charge in [0, 0.05) is 11.4 Å². The van der Waals surface area contributed by atoms with Crippen LogP contribution in [0.2, 0.25) is 0 Å². The molecule has 1 aliphatic rings. The molecule has 0 atom stereocenters. The number of aromatic nitrogens is 2. The maximum absolute atomic E-state index is 5.54. The molecule has 5 heteroatoms. The van der Waals surface area contributed by atoms with Crippen molar-refractivity contribution in [2.45, 2.75) is 16.5 Å². The van der Waals surface area contributed by atoms with Crippen LogP contribution in [-0.4, -0.2) is 9.97 Å². The van der Waals surface area contributed by atoms with Crippen LogP contribution in [0.25, 0.3) is 0 Å². The van der Waals surface area contributed by atoms with E-state index in [0.29, 0.717) is 6.54 Å². The number of hydrogen-bond donors (Lipinski definition) is 2. The molecule has 3 N–H and O–H groups in total. The number of benzene rings is 1. The molecule has 0 unspecified atom stereocenters. The number of rotatable bonds is 1. The van der Waals surface area contributed by atoms with E-state index in [1.54, 1.807) is 18.0 Å². The van der Waals surface area contributed by atoms with E-state index in [0.717, 1.165) is 22.2 Å². The Hall–Kier alpha value is -1.59. The van der Waals surface area contributed by atoms with Crippen molar-refractivity contribution in [2.24, 2.45) is 5.73 Å². The first kappa shape index (κ1) is 9.62. The van der Waals surface area contributed by atoms with Crippen LogP contribution in [0.5, 0.6) is 0 Å². The Kier molecular flexibility index (Phi) is 2.27. The van der Waals surface area contributed by atoms with E-state index >= 15 is 0 Å². The van der Waals surface area contributed by atoms with Crippen molar-refractivity contribution in [3.8, 4) is 0 Å². The molecule has 0 bridgehead atoms. The van der Waals surface area contributed by atoms with Gasteiger partial charge in [-0.05, 0) is 12.1 Å². The molecule has 1 aromatic carbocycles. The lowest BCUT2D eigenvalue weighted by molar-refractivity contribution is 0.926. The minimum absolute atomic E-state index is 0.411. The van der Waals surface area contributed by atoms with Crippen molar-refractivity contribution in [3.63, 3.8) is 0 Å². The van der Waals surface area contributed by atoms with Crippen molar-refractivity contribution in [2.75, 3.05) is 5.32 Å². The summed E-state index contributed by atoms with van der Waals surface area (Å²) in [6.45, 7) is 0.411. The average Bonchev–Trinajstić information content (AvgIpc) is 2.35. The summed E-state index contributed by atoms with van der Waals surface area (Å²) in [4.78, 5) is 9.93. The van der Waals surface area contributed by atoms with Crippen LogP contribution >= 0.6 is 11.8 Å². The fourth-order valence-electron chi connectivity index (χ4n) is 1.56. The predicted octanol–water partition coefficient (Wildman–Crippen LogP) is 2.14. The first-order valence-corrected chi connectivity index (χ1v) is 5.78. The van der Waals surface area contributed by atoms with Gasteiger partial charge < -0.3 is 11.1 Å². The molecule has 0 radical (unpaired) electrons. The highest BCUT2D eigenvalue weighted by molar-refractivity contribution is 7.99. The molecule has 80 valence electrons. The third kappa shape index (κ3) is 1.54. The van der Waals surface area contributed by atoms with Gasteiger partial charge in [-0.2, -0.15) is 0 Å². The molecule has 0 saturated carbocycles. The first-order chi connectivity index (χ1) is 7.86. The lowest BCUT2D eigenvalue weighted by atomic mass is 10.3. The van der Waals surface area contributed by atoms with Gasteiger partial charge in [0.15, 0.2) is 5.82 Å². The van der Waals surface area contributed by atoms with Crippen molar-refractivity contribution in [1.82, 2.24) is 9.97 Å². The first-order valence-electron chi connectivity index (χ1n) is 4.97. The molecule has 2 aromatic rings. The fraction of sp³-hybridized carbons (Fsp3) is 0.0909. The van der Waals surface area contributed by atoms with E-state index in [-0.39, 0.29) is 0 Å². The van der Waals surface area contributed by atoms with Gasteiger partial charge in [-0.1, -0.05) is 23.9 Å². The van der Waals surface area contributed by atoms with Gasteiger partial charge in [0.05, 0.1) is 17.6 Å². The van der Waals surface area contributed by atoms with Gasteiger partial charge in [-0.15, -0.1) is 0 Å². The van der Waals surface area contributed by atoms with Crippen LogP contribution in [0.1, 0.15) is 5.69 Å². The number of nitrogens with two attached hydrogens (primary N) is 1. The van der Waals surface area contributed by atoms with E-state index in [1.165, 1.54) is 4.90 Å². The molecule has 3 rings (SSSR count). The Morgan fingerprint density at radius 1 is 1.31 bits per heavy atom. The van der Waals surface area contributed by atoms with Crippen LogP contribution in [-0.2, 0) is 6.54 Å². The Balaban J connectivity index is 2.05. The van der Waals surface area contributed by atoms with Crippen LogP contribution in [0, 0.1) is 0 Å². The number of para-hydroxylation sites is 1. The van der Waals surface area contributed by atoms with Gasteiger partial charge in [-0.25, -0.2) is 9.97 Å². The third-order valence-corrected chi connectivity index (χ3v) is 3.41. The topological polar surface area (TPSA) is 63.8 Å². The van der Waals surface area contributed by atoms with Crippen molar-refractivity contribution in [3.05, 3.63) is 36.2 Å². The second-order valence-corrected chi connectivity index (χ2v) is 4.47. The number of anilines is 2. The predicted molar refractivity (Wildman–Crippen MR) is 63.8 cm³/mol. The summed E-state index contributed by atoms with van der Waals surface area (Å²) in [5.41, 5.74) is 7.41. The standard InChI is InChI=1S/C11H10N4S/c12-5-7-6-13-11-10(14-7)15-8-3-1-2-4-9(8)16-11/h1-4,6H,5,12H2,(H,14,15). The fourth-order valence-corrected chi connectivity index (χ4v) is 2.44. The smallest absolute Gasteiger partial charge is 0.163 e. The lowest BCUT2D eigenvalue weighted by Gasteiger charge is -2.18. The minimum Gasteiger partial charge on any atom is -0.337 e. The Labute approximate surface area is 97.3 Å². The zero-order valence-electron chi connectivity index (χ0n) is 8.47. The Bertz CT molecular complexity index is 541. The van der Waals surface area contributed by atoms with E-state index in [4.69, 9.17) is 5.73 Å². The number of hydrogen-bond acceptors (Lipinski definition) is 5. The Morgan fingerprint density at radius 2 is 2.19 bits per heavy atom. The van der Waals surface area contributed by atoms with Crippen molar-refractivity contribution >= 4 is 23.3 Å². The number of nitrogens with one attached hydrogen (secondary N) is 1. The molecule has 0 fully saturated rings. The molecule has 1 aromatic heterocycles. The van der Waals surface area contributed by atoms with Crippen molar-refractivity contribution in [1.29, 1.82) is 0 Å². The van der Waals surface area contributed by atoms with E-state index in [1.807, 2.05) is 18.2 Å². The largest absolute Gasteiger partial charge is 0.337 e. The van der Waals surface area contributed by atoms with Crippen LogP contribution < -0.4 is 11.1 Å².